The number of carbonyl (C=O) groups excluding carboxylic acids is 1. The summed E-state index contributed by atoms with van der Waals surface area (Å²) in [7, 11) is 0.294. The lowest BCUT2D eigenvalue weighted by molar-refractivity contribution is -0.114. The Morgan fingerprint density at radius 1 is 1.17 bits per heavy atom. The molecule has 0 saturated carbocycles. The number of sulfonamides is 1. The lowest BCUT2D eigenvalue weighted by atomic mass is 10.3. The number of nitrogens with one attached hydrogen (secondary N) is 2. The Balaban J connectivity index is 1.71. The Morgan fingerprint density at radius 3 is 2.52 bits per heavy atom. The van der Waals surface area contributed by atoms with Crippen LogP contribution in [0.2, 0.25) is 0 Å². The number of amides is 1. The van der Waals surface area contributed by atoms with E-state index < -0.39 is 10.0 Å². The van der Waals surface area contributed by atoms with Gasteiger partial charge in [-0.1, -0.05) is 0 Å². The highest BCUT2D eigenvalue weighted by atomic mass is 32.2. The fraction of sp³-hybridized carbons (Fsp3) is 0.368. The predicted molar refractivity (Wildman–Crippen MR) is 117 cm³/mol. The van der Waals surface area contributed by atoms with Crippen LogP contribution in [0.3, 0.4) is 0 Å². The van der Waals surface area contributed by atoms with Gasteiger partial charge in [0.25, 0.3) is 10.0 Å². The van der Waals surface area contributed by atoms with Crippen LogP contribution in [0.1, 0.15) is 18.4 Å². The Morgan fingerprint density at radius 2 is 1.86 bits per heavy atom. The van der Waals surface area contributed by atoms with E-state index in [1.54, 1.807) is 11.8 Å². The maximum Gasteiger partial charge on any atom is 0.262 e. The van der Waals surface area contributed by atoms with E-state index in [0.29, 0.717) is 12.2 Å². The van der Waals surface area contributed by atoms with Crippen molar-refractivity contribution in [3.05, 3.63) is 47.9 Å². The molecule has 0 radical (unpaired) electrons. The van der Waals surface area contributed by atoms with Gasteiger partial charge in [-0.15, -0.1) is 0 Å². The van der Waals surface area contributed by atoms with Gasteiger partial charge >= 0.3 is 0 Å². The van der Waals surface area contributed by atoms with Gasteiger partial charge in [-0.2, -0.15) is 11.8 Å². The summed E-state index contributed by atoms with van der Waals surface area (Å²) in [4.78, 5) is 17.2. The number of thioether (sulfide) groups is 1. The SMILES string of the molecule is CC(=O)Nc1ccc(S(=O)(=O)NC=NCCSCc2ccc(CN(C)C)o2)cc1. The molecule has 1 aromatic carbocycles. The molecule has 8 nitrogen and oxygen atoms in total. The fourth-order valence-electron chi connectivity index (χ4n) is 2.35. The third kappa shape index (κ3) is 8.30. The second-order valence-corrected chi connectivity index (χ2v) is 9.34. The molecule has 2 N–H and O–H groups in total. The third-order valence-corrected chi connectivity index (χ3v) is 5.85. The molecule has 2 aromatic rings. The van der Waals surface area contributed by atoms with Crippen molar-refractivity contribution in [3.8, 4) is 0 Å². The second-order valence-electron chi connectivity index (χ2n) is 6.52. The lowest BCUT2D eigenvalue weighted by Gasteiger charge is -2.06. The van der Waals surface area contributed by atoms with Crippen molar-refractivity contribution in [2.75, 3.05) is 31.7 Å². The zero-order valence-corrected chi connectivity index (χ0v) is 18.3. The molecule has 0 bridgehead atoms. The number of furan rings is 1. The molecule has 158 valence electrons. The minimum Gasteiger partial charge on any atom is -0.464 e. The van der Waals surface area contributed by atoms with Gasteiger partial charge in [-0.05, 0) is 50.5 Å². The van der Waals surface area contributed by atoms with Crippen LogP contribution in [-0.4, -0.2) is 52.0 Å². The van der Waals surface area contributed by atoms with Crippen LogP contribution in [0, 0.1) is 0 Å². The Labute approximate surface area is 175 Å². The zero-order chi connectivity index (χ0) is 21.3. The van der Waals surface area contributed by atoms with Crippen molar-refractivity contribution in [2.45, 2.75) is 24.1 Å². The lowest BCUT2D eigenvalue weighted by Crippen LogP contribution is -2.22. The van der Waals surface area contributed by atoms with Crippen LogP contribution in [0.25, 0.3) is 0 Å². The minimum absolute atomic E-state index is 0.0961. The number of hydrogen-bond acceptors (Lipinski definition) is 7. The van der Waals surface area contributed by atoms with Crippen molar-refractivity contribution in [1.82, 2.24) is 9.62 Å². The fourth-order valence-corrected chi connectivity index (χ4v) is 3.93. The third-order valence-electron chi connectivity index (χ3n) is 3.58. The Bertz CT molecular complexity index is 922. The molecule has 2 rings (SSSR count). The van der Waals surface area contributed by atoms with Gasteiger partial charge < -0.3 is 14.6 Å². The van der Waals surface area contributed by atoms with Gasteiger partial charge in [-0.3, -0.25) is 14.5 Å². The van der Waals surface area contributed by atoms with Gasteiger partial charge in [0.1, 0.15) is 11.5 Å². The molecule has 29 heavy (non-hydrogen) atoms. The standard InChI is InChI=1S/C19H26N4O4S2/c1-15(24)22-16-4-8-19(9-5-16)29(25,26)21-14-20-10-11-28-13-18-7-6-17(27-18)12-23(2)3/h4-9,14H,10-13H2,1-3H3,(H,20,21)(H,22,24). The maximum atomic E-state index is 12.2. The van der Waals surface area contributed by atoms with Crippen molar-refractivity contribution in [1.29, 1.82) is 0 Å². The molecule has 0 saturated heterocycles. The first kappa shape index (κ1) is 23.0. The predicted octanol–water partition coefficient (Wildman–Crippen LogP) is 2.54. The number of anilines is 1. The van der Waals surface area contributed by atoms with Gasteiger partial charge in [0.05, 0.1) is 23.5 Å². The van der Waals surface area contributed by atoms with E-state index in [4.69, 9.17) is 4.42 Å². The topological polar surface area (TPSA) is 104 Å². The zero-order valence-electron chi connectivity index (χ0n) is 16.7. The van der Waals surface area contributed by atoms with Crippen LogP contribution < -0.4 is 10.0 Å². The molecule has 10 heteroatoms. The molecule has 0 aliphatic rings. The average molecular weight is 439 g/mol. The molecule has 1 heterocycles. The van der Waals surface area contributed by atoms with E-state index in [2.05, 4.69) is 15.0 Å². The van der Waals surface area contributed by atoms with Crippen LogP contribution in [0.5, 0.6) is 0 Å². The van der Waals surface area contributed by atoms with Crippen molar-refractivity contribution < 1.29 is 17.6 Å². The highest BCUT2D eigenvalue weighted by molar-refractivity contribution is 7.98. The minimum atomic E-state index is -3.69. The quantitative estimate of drug-likeness (QED) is 0.317. The maximum absolute atomic E-state index is 12.2. The van der Waals surface area contributed by atoms with Crippen LogP contribution in [-0.2, 0) is 27.1 Å². The summed E-state index contributed by atoms with van der Waals surface area (Å²) in [5, 5.41) is 2.58. The van der Waals surface area contributed by atoms with Crippen LogP contribution in [0.4, 0.5) is 5.69 Å². The van der Waals surface area contributed by atoms with Crippen molar-refractivity contribution in [3.63, 3.8) is 0 Å². The first-order valence-electron chi connectivity index (χ1n) is 8.94. The molecule has 1 aromatic heterocycles. The molecule has 0 fully saturated rings. The molecule has 0 spiro atoms. The number of hydrogen-bond donors (Lipinski definition) is 2. The van der Waals surface area contributed by atoms with Gasteiger partial charge in [0, 0.05) is 24.9 Å². The summed E-state index contributed by atoms with van der Waals surface area (Å²) in [6.45, 7) is 2.64. The van der Waals surface area contributed by atoms with Gasteiger partial charge in [0.15, 0.2) is 0 Å². The monoisotopic (exact) mass is 438 g/mol. The number of rotatable bonds is 11. The Kier molecular flexibility index (Phi) is 8.74. The average Bonchev–Trinajstić information content (AvgIpc) is 3.07. The largest absolute Gasteiger partial charge is 0.464 e. The molecular formula is C19H26N4O4S2. The summed E-state index contributed by atoms with van der Waals surface area (Å²) in [6, 6.07) is 9.85. The summed E-state index contributed by atoms with van der Waals surface area (Å²) >= 11 is 1.67. The number of nitrogens with zero attached hydrogens (tertiary/aromatic N) is 2. The van der Waals surface area contributed by atoms with Crippen molar-refractivity contribution >= 4 is 39.7 Å². The van der Waals surface area contributed by atoms with E-state index >= 15 is 0 Å². The molecule has 0 atom stereocenters. The highest BCUT2D eigenvalue weighted by Crippen LogP contribution is 2.16. The van der Waals surface area contributed by atoms with E-state index in [0.717, 1.165) is 29.6 Å². The molecule has 0 aliphatic heterocycles. The molecule has 0 unspecified atom stereocenters. The number of carbonyl (C=O) groups is 1. The summed E-state index contributed by atoms with van der Waals surface area (Å²) in [5.41, 5.74) is 0.535. The van der Waals surface area contributed by atoms with Gasteiger partial charge in [-0.25, -0.2) is 8.42 Å². The summed E-state index contributed by atoms with van der Waals surface area (Å²) in [6.07, 6.45) is 1.19. The number of benzene rings is 1. The smallest absolute Gasteiger partial charge is 0.262 e. The van der Waals surface area contributed by atoms with Crippen molar-refractivity contribution in [2.24, 2.45) is 4.99 Å². The van der Waals surface area contributed by atoms with E-state index in [1.165, 1.54) is 37.5 Å². The van der Waals surface area contributed by atoms with Gasteiger partial charge in [0.2, 0.25) is 5.91 Å². The van der Waals surface area contributed by atoms with E-state index in [-0.39, 0.29) is 10.8 Å². The Hall–Kier alpha value is -2.30. The normalized spacial score (nSPS) is 11.9. The molecular weight excluding hydrogens is 412 g/mol. The molecule has 1 amide bonds. The van der Waals surface area contributed by atoms with E-state index in [1.807, 2.05) is 31.1 Å². The first-order valence-corrected chi connectivity index (χ1v) is 11.6. The number of aliphatic imine (C=N–C) groups is 1. The first-order chi connectivity index (χ1) is 13.8. The summed E-state index contributed by atoms with van der Waals surface area (Å²) < 4.78 is 32.5. The summed E-state index contributed by atoms with van der Waals surface area (Å²) in [5.74, 6) is 3.12. The highest BCUT2D eigenvalue weighted by Gasteiger charge is 2.11. The van der Waals surface area contributed by atoms with Crippen LogP contribution in [0.15, 0.2) is 50.7 Å². The van der Waals surface area contributed by atoms with Crippen LogP contribution >= 0.6 is 11.8 Å². The van der Waals surface area contributed by atoms with E-state index in [9.17, 15) is 13.2 Å². The molecule has 0 aliphatic carbocycles. The second kappa shape index (κ2) is 11.0.